The Kier molecular flexibility index (Phi) is 3.89. The highest BCUT2D eigenvalue weighted by Crippen LogP contribution is 2.43. The average molecular weight is 441 g/mol. The lowest BCUT2D eigenvalue weighted by molar-refractivity contribution is 0.532. The summed E-state index contributed by atoms with van der Waals surface area (Å²) >= 11 is 0. The number of aromatic nitrogens is 5. The first-order chi connectivity index (χ1) is 14.5. The topological polar surface area (TPSA) is 94.7 Å². The van der Waals surface area contributed by atoms with Crippen molar-refractivity contribution in [2.24, 2.45) is 0 Å². The molecule has 2 aromatic heterocycles. The fraction of sp³-hybridized carbons (Fsp3) is 0.286. The summed E-state index contributed by atoms with van der Waals surface area (Å²) in [4.78, 5) is 0. The summed E-state index contributed by atoms with van der Waals surface area (Å²) in [7, 11) is -3.59. The van der Waals surface area contributed by atoms with Gasteiger partial charge in [-0.25, -0.2) is 12.8 Å². The predicted octanol–water partition coefficient (Wildman–Crippen LogP) is 3.51. The normalized spacial score (nSPS) is 14.9. The van der Waals surface area contributed by atoms with Gasteiger partial charge in [-0.15, -0.1) is 10.2 Å². The zero-order chi connectivity index (χ0) is 22.3. The van der Waals surface area contributed by atoms with E-state index < -0.39 is 21.4 Å². The van der Waals surface area contributed by atoms with Crippen LogP contribution >= 0.6 is 0 Å². The number of hydrogen-bond acceptors (Lipinski definition) is 6. The Labute approximate surface area is 178 Å². The molecular weight excluding hydrogens is 419 g/mol. The van der Waals surface area contributed by atoms with E-state index in [0.717, 1.165) is 21.9 Å². The molecule has 0 unspecified atom stereocenters. The van der Waals surface area contributed by atoms with E-state index in [0.29, 0.717) is 39.1 Å². The van der Waals surface area contributed by atoms with Gasteiger partial charge in [-0.1, -0.05) is 12.1 Å². The minimum Gasteiger partial charge on any atom is -0.371 e. The maximum absolute atomic E-state index is 15.5. The van der Waals surface area contributed by atoms with E-state index >= 15 is 4.39 Å². The van der Waals surface area contributed by atoms with Crippen LogP contribution in [0.4, 0.5) is 10.1 Å². The van der Waals surface area contributed by atoms with Crippen LogP contribution in [0.25, 0.3) is 27.7 Å². The van der Waals surface area contributed by atoms with E-state index in [4.69, 9.17) is 0 Å². The van der Waals surface area contributed by atoms with Gasteiger partial charge in [0.1, 0.15) is 11.6 Å². The summed E-state index contributed by atoms with van der Waals surface area (Å²) in [6.45, 7) is 7.65. The fourth-order valence-corrected chi connectivity index (χ4v) is 5.15. The maximum atomic E-state index is 15.5. The van der Waals surface area contributed by atoms with Crippen LogP contribution in [0.3, 0.4) is 0 Å². The molecule has 0 spiro atoms. The number of hydrogen-bond donors (Lipinski definition) is 1. The van der Waals surface area contributed by atoms with Crippen molar-refractivity contribution in [2.45, 2.75) is 33.2 Å². The lowest BCUT2D eigenvalue weighted by Gasteiger charge is -2.35. The van der Waals surface area contributed by atoms with Crippen molar-refractivity contribution in [1.29, 1.82) is 0 Å². The van der Waals surface area contributed by atoms with E-state index in [2.05, 4.69) is 20.6 Å². The highest BCUT2D eigenvalue weighted by atomic mass is 32.2. The van der Waals surface area contributed by atoms with Crippen LogP contribution in [0.15, 0.2) is 30.5 Å². The standard InChI is InChI=1S/C21H21FN6O2S/c1-11-18(13-7-6-8-17-14(13)10-23-28(17)31(5,29)30)15(22)9-16-19(11)27-12(2)25-26-20(27)21(3,4)24-16/h6-10,24H,1-5H3. The first-order valence-electron chi connectivity index (χ1n) is 9.72. The molecule has 3 heterocycles. The van der Waals surface area contributed by atoms with Crippen molar-refractivity contribution in [2.75, 3.05) is 11.6 Å². The van der Waals surface area contributed by atoms with Crippen molar-refractivity contribution < 1.29 is 12.8 Å². The Morgan fingerprint density at radius 1 is 1.16 bits per heavy atom. The van der Waals surface area contributed by atoms with Crippen molar-refractivity contribution in [3.8, 4) is 16.8 Å². The largest absolute Gasteiger partial charge is 0.371 e. The van der Waals surface area contributed by atoms with E-state index in [-0.39, 0.29) is 0 Å². The van der Waals surface area contributed by atoms with Crippen LogP contribution in [-0.2, 0) is 15.6 Å². The molecule has 0 aliphatic carbocycles. The minimum atomic E-state index is -3.59. The molecule has 10 heteroatoms. The van der Waals surface area contributed by atoms with Crippen molar-refractivity contribution in [3.05, 3.63) is 53.5 Å². The molecule has 1 N–H and O–H groups in total. The second-order valence-electron chi connectivity index (χ2n) is 8.40. The van der Waals surface area contributed by atoms with Crippen molar-refractivity contribution >= 4 is 26.6 Å². The quantitative estimate of drug-likeness (QED) is 0.513. The molecule has 0 bridgehead atoms. The highest BCUT2D eigenvalue weighted by molar-refractivity contribution is 7.89. The second kappa shape index (κ2) is 6.13. The van der Waals surface area contributed by atoms with Gasteiger partial charge in [0, 0.05) is 10.9 Å². The van der Waals surface area contributed by atoms with Crippen LogP contribution in [-0.4, -0.2) is 38.6 Å². The summed E-state index contributed by atoms with van der Waals surface area (Å²) in [6, 6.07) is 6.61. The van der Waals surface area contributed by atoms with Crippen LogP contribution < -0.4 is 5.32 Å². The van der Waals surface area contributed by atoms with Gasteiger partial charge in [0.2, 0.25) is 0 Å². The van der Waals surface area contributed by atoms with Crippen LogP contribution in [0.5, 0.6) is 0 Å². The lowest BCUT2D eigenvalue weighted by atomic mass is 9.92. The number of rotatable bonds is 2. The highest BCUT2D eigenvalue weighted by Gasteiger charge is 2.36. The number of benzene rings is 2. The summed E-state index contributed by atoms with van der Waals surface area (Å²) in [5, 5.41) is 16.5. The second-order valence-corrected chi connectivity index (χ2v) is 10.2. The first-order valence-corrected chi connectivity index (χ1v) is 11.6. The van der Waals surface area contributed by atoms with Crippen LogP contribution in [0, 0.1) is 19.7 Å². The van der Waals surface area contributed by atoms with Crippen LogP contribution in [0.1, 0.15) is 31.1 Å². The van der Waals surface area contributed by atoms with Gasteiger partial charge >= 0.3 is 0 Å². The third-order valence-corrected chi connectivity index (χ3v) is 6.63. The molecule has 0 saturated heterocycles. The zero-order valence-electron chi connectivity index (χ0n) is 17.7. The molecule has 2 aromatic carbocycles. The molecule has 31 heavy (non-hydrogen) atoms. The summed E-state index contributed by atoms with van der Waals surface area (Å²) < 4.78 is 42.6. The SMILES string of the molecule is Cc1c(-c2cccc3c2cnn3S(C)(=O)=O)c(F)cc2c1-n1c(C)nnc1C(C)(C)N2. The summed E-state index contributed by atoms with van der Waals surface area (Å²) in [5.41, 5.74) is 2.96. The van der Waals surface area contributed by atoms with Crippen molar-refractivity contribution in [3.63, 3.8) is 0 Å². The van der Waals surface area contributed by atoms with Gasteiger partial charge in [-0.3, -0.25) is 4.57 Å². The molecule has 0 saturated carbocycles. The van der Waals surface area contributed by atoms with E-state index in [9.17, 15) is 8.42 Å². The van der Waals surface area contributed by atoms with E-state index in [1.54, 1.807) is 18.2 Å². The molecule has 0 radical (unpaired) electrons. The monoisotopic (exact) mass is 440 g/mol. The number of aryl methyl sites for hydroxylation is 1. The number of anilines is 1. The molecule has 0 fully saturated rings. The van der Waals surface area contributed by atoms with Gasteiger partial charge in [-0.2, -0.15) is 9.19 Å². The predicted molar refractivity (Wildman–Crippen MR) is 116 cm³/mol. The lowest BCUT2D eigenvalue weighted by Crippen LogP contribution is -2.36. The smallest absolute Gasteiger partial charge is 0.251 e. The number of nitrogens with zero attached hydrogens (tertiary/aromatic N) is 5. The van der Waals surface area contributed by atoms with E-state index in [1.807, 2.05) is 32.3 Å². The Morgan fingerprint density at radius 3 is 2.61 bits per heavy atom. The molecule has 1 aliphatic rings. The number of fused-ring (bicyclic) bond motifs is 4. The van der Waals surface area contributed by atoms with Gasteiger partial charge in [0.25, 0.3) is 10.0 Å². The zero-order valence-corrected chi connectivity index (χ0v) is 18.5. The molecule has 1 aliphatic heterocycles. The fourth-order valence-electron chi connectivity index (χ4n) is 4.42. The Morgan fingerprint density at radius 2 is 1.90 bits per heavy atom. The molecule has 0 amide bonds. The van der Waals surface area contributed by atoms with Gasteiger partial charge < -0.3 is 5.32 Å². The Balaban J connectivity index is 1.84. The summed E-state index contributed by atoms with van der Waals surface area (Å²) in [5.74, 6) is 1.03. The third-order valence-electron chi connectivity index (χ3n) is 5.71. The third kappa shape index (κ3) is 2.71. The van der Waals surface area contributed by atoms with Crippen molar-refractivity contribution in [1.82, 2.24) is 24.0 Å². The first kappa shape index (κ1) is 19.7. The Hall–Kier alpha value is -3.27. The molecule has 8 nitrogen and oxygen atoms in total. The average Bonchev–Trinajstić information content (AvgIpc) is 3.26. The molecular formula is C21H21FN6O2S. The van der Waals surface area contributed by atoms with Crippen LogP contribution in [0.2, 0.25) is 0 Å². The Bertz CT molecular complexity index is 1500. The number of nitrogens with one attached hydrogen (secondary N) is 1. The molecule has 4 aromatic rings. The van der Waals surface area contributed by atoms with Gasteiger partial charge in [0.15, 0.2) is 5.82 Å². The van der Waals surface area contributed by atoms with Gasteiger partial charge in [-0.05, 0) is 51.0 Å². The van der Waals surface area contributed by atoms with E-state index in [1.165, 1.54) is 12.3 Å². The van der Waals surface area contributed by atoms with Gasteiger partial charge in [0.05, 0.1) is 34.9 Å². The molecule has 160 valence electrons. The molecule has 5 rings (SSSR count). The summed E-state index contributed by atoms with van der Waals surface area (Å²) in [6.07, 6.45) is 2.54. The molecule has 0 atom stereocenters. The maximum Gasteiger partial charge on any atom is 0.251 e. The number of halogens is 1. The minimum absolute atomic E-state index is 0.387.